The zero-order valence-corrected chi connectivity index (χ0v) is 5.92. The number of rotatable bonds is 1. The van der Waals surface area contributed by atoms with Gasteiger partial charge >= 0.3 is 6.18 Å². The Balaban J connectivity index is 4.05. The molecule has 0 aliphatic carbocycles. The van der Waals surface area contributed by atoms with Crippen molar-refractivity contribution in [3.05, 3.63) is 17.4 Å². The van der Waals surface area contributed by atoms with Crippen molar-refractivity contribution in [1.29, 1.82) is 0 Å². The monoisotopic (exact) mass is 150 g/mol. The molecule has 0 fully saturated rings. The zero-order chi connectivity index (χ0) is 8.20. The Labute approximate surface area is 58.0 Å². The maximum Gasteiger partial charge on any atom is 0.393 e. The molecule has 0 atom stereocenters. The fraction of sp³-hybridized carbons (Fsp3) is 0.571. The molecule has 0 heterocycles. The minimum absolute atomic E-state index is 0.218. The minimum Gasteiger partial charge on any atom is -0.171 e. The summed E-state index contributed by atoms with van der Waals surface area (Å²) >= 11 is 0. The standard InChI is InChI=1S/C7H9F3/c1-3-4-6(2)5-7(8,9)10/h3H,5H2,1-2H3. The van der Waals surface area contributed by atoms with Gasteiger partial charge in [-0.3, -0.25) is 0 Å². The molecule has 0 bridgehead atoms. The second-order valence-electron chi connectivity index (χ2n) is 2.01. The summed E-state index contributed by atoms with van der Waals surface area (Å²) in [5.74, 6) is 0. The average Bonchev–Trinajstić information content (AvgIpc) is 1.59. The van der Waals surface area contributed by atoms with Crippen molar-refractivity contribution in [1.82, 2.24) is 0 Å². The van der Waals surface area contributed by atoms with Crippen LogP contribution in [0.2, 0.25) is 0 Å². The largest absolute Gasteiger partial charge is 0.393 e. The van der Waals surface area contributed by atoms with Gasteiger partial charge in [-0.15, -0.1) is 5.73 Å². The van der Waals surface area contributed by atoms with Crippen molar-refractivity contribution < 1.29 is 13.2 Å². The normalized spacial score (nSPS) is 10.5. The van der Waals surface area contributed by atoms with E-state index in [0.717, 1.165) is 0 Å². The molecular formula is C7H9F3. The van der Waals surface area contributed by atoms with Gasteiger partial charge in [-0.2, -0.15) is 13.2 Å². The molecule has 0 amide bonds. The van der Waals surface area contributed by atoms with Crippen LogP contribution in [0.4, 0.5) is 13.2 Å². The molecule has 0 saturated heterocycles. The molecule has 0 aliphatic rings. The average molecular weight is 150 g/mol. The van der Waals surface area contributed by atoms with E-state index < -0.39 is 12.6 Å². The van der Waals surface area contributed by atoms with Gasteiger partial charge in [0.2, 0.25) is 0 Å². The Morgan fingerprint density at radius 3 is 2.30 bits per heavy atom. The third-order valence-electron chi connectivity index (χ3n) is 0.856. The maximum atomic E-state index is 11.6. The van der Waals surface area contributed by atoms with Crippen molar-refractivity contribution in [3.63, 3.8) is 0 Å². The highest BCUT2D eigenvalue weighted by Crippen LogP contribution is 2.23. The molecule has 0 N–H and O–H groups in total. The smallest absolute Gasteiger partial charge is 0.171 e. The van der Waals surface area contributed by atoms with Crippen LogP contribution in [0, 0.1) is 0 Å². The third kappa shape index (κ3) is 5.45. The van der Waals surface area contributed by atoms with Crippen LogP contribution in [0.15, 0.2) is 17.4 Å². The molecule has 0 unspecified atom stereocenters. The van der Waals surface area contributed by atoms with E-state index in [1.54, 1.807) is 6.92 Å². The zero-order valence-electron chi connectivity index (χ0n) is 5.92. The summed E-state index contributed by atoms with van der Waals surface area (Å²) < 4.78 is 34.7. The van der Waals surface area contributed by atoms with Gasteiger partial charge in [-0.25, -0.2) is 0 Å². The highest BCUT2D eigenvalue weighted by molar-refractivity contribution is 4.98. The lowest BCUT2D eigenvalue weighted by Crippen LogP contribution is -2.06. The Hall–Kier alpha value is -0.690. The van der Waals surface area contributed by atoms with Gasteiger partial charge in [0.25, 0.3) is 0 Å². The topological polar surface area (TPSA) is 0 Å². The fourth-order valence-electron chi connectivity index (χ4n) is 0.598. The summed E-state index contributed by atoms with van der Waals surface area (Å²) in [5, 5.41) is 0. The molecule has 3 heteroatoms. The molecule has 0 aromatic rings. The van der Waals surface area contributed by atoms with Crippen LogP contribution < -0.4 is 0 Å². The van der Waals surface area contributed by atoms with E-state index in [1.165, 1.54) is 13.0 Å². The van der Waals surface area contributed by atoms with Gasteiger partial charge in [0.05, 0.1) is 6.42 Å². The van der Waals surface area contributed by atoms with Gasteiger partial charge in [0, 0.05) is 0 Å². The fourth-order valence-corrected chi connectivity index (χ4v) is 0.598. The number of alkyl halides is 3. The summed E-state index contributed by atoms with van der Waals surface area (Å²) in [7, 11) is 0. The number of allylic oxidation sites excluding steroid dienone is 1. The van der Waals surface area contributed by atoms with Crippen molar-refractivity contribution in [2.24, 2.45) is 0 Å². The molecule has 0 aliphatic heterocycles. The quantitative estimate of drug-likeness (QED) is 0.504. The van der Waals surface area contributed by atoms with Crippen LogP contribution in [0.1, 0.15) is 20.3 Å². The van der Waals surface area contributed by atoms with Crippen LogP contribution in [0.25, 0.3) is 0 Å². The molecule has 10 heavy (non-hydrogen) atoms. The Bertz CT molecular complexity index is 158. The summed E-state index contributed by atoms with van der Waals surface area (Å²) in [6, 6.07) is 0. The number of halogens is 3. The minimum atomic E-state index is -4.10. The lowest BCUT2D eigenvalue weighted by Gasteiger charge is -2.02. The van der Waals surface area contributed by atoms with Gasteiger partial charge in [-0.05, 0) is 25.5 Å². The summed E-state index contributed by atoms with van der Waals surface area (Å²) in [4.78, 5) is 0. The van der Waals surface area contributed by atoms with Crippen LogP contribution >= 0.6 is 0 Å². The van der Waals surface area contributed by atoms with Gasteiger partial charge in [-0.1, -0.05) is 0 Å². The second kappa shape index (κ2) is 3.47. The van der Waals surface area contributed by atoms with E-state index in [-0.39, 0.29) is 5.57 Å². The lowest BCUT2D eigenvalue weighted by molar-refractivity contribution is -0.126. The highest BCUT2D eigenvalue weighted by atomic mass is 19.4. The molecule has 0 aromatic carbocycles. The van der Waals surface area contributed by atoms with E-state index in [0.29, 0.717) is 0 Å². The van der Waals surface area contributed by atoms with Crippen molar-refractivity contribution in [2.75, 3.05) is 0 Å². The van der Waals surface area contributed by atoms with E-state index in [9.17, 15) is 13.2 Å². The van der Waals surface area contributed by atoms with E-state index in [4.69, 9.17) is 0 Å². The Morgan fingerprint density at radius 1 is 1.50 bits per heavy atom. The van der Waals surface area contributed by atoms with Crippen LogP contribution in [-0.2, 0) is 0 Å². The first-order valence-electron chi connectivity index (χ1n) is 2.89. The molecule has 0 rings (SSSR count). The molecule has 0 radical (unpaired) electrons. The lowest BCUT2D eigenvalue weighted by atomic mass is 10.2. The molecule has 0 aromatic heterocycles. The summed E-state index contributed by atoms with van der Waals surface area (Å²) in [6.45, 7) is 3.05. The third-order valence-corrected chi connectivity index (χ3v) is 0.856. The predicted octanol–water partition coefficient (Wildman–Crippen LogP) is 3.06. The Morgan fingerprint density at radius 2 is 2.00 bits per heavy atom. The van der Waals surface area contributed by atoms with Crippen molar-refractivity contribution in [3.8, 4) is 0 Å². The van der Waals surface area contributed by atoms with Crippen molar-refractivity contribution >= 4 is 0 Å². The first-order chi connectivity index (χ1) is 4.45. The van der Waals surface area contributed by atoms with Crippen LogP contribution in [-0.4, -0.2) is 6.18 Å². The SMILES string of the molecule is CC=C=C(C)CC(F)(F)F. The van der Waals surface area contributed by atoms with Crippen LogP contribution in [0.3, 0.4) is 0 Å². The highest BCUT2D eigenvalue weighted by Gasteiger charge is 2.27. The van der Waals surface area contributed by atoms with Crippen LogP contribution in [0.5, 0.6) is 0 Å². The molecular weight excluding hydrogens is 141 g/mol. The van der Waals surface area contributed by atoms with Gasteiger partial charge in [0.15, 0.2) is 0 Å². The number of hydrogen-bond donors (Lipinski definition) is 0. The second-order valence-corrected chi connectivity index (χ2v) is 2.01. The molecule has 0 saturated carbocycles. The summed E-state index contributed by atoms with van der Waals surface area (Å²) in [6.07, 6.45) is -3.49. The first kappa shape index (κ1) is 9.31. The van der Waals surface area contributed by atoms with E-state index in [1.807, 2.05) is 0 Å². The van der Waals surface area contributed by atoms with Gasteiger partial charge < -0.3 is 0 Å². The molecule has 58 valence electrons. The number of hydrogen-bond acceptors (Lipinski definition) is 0. The summed E-state index contributed by atoms with van der Waals surface area (Å²) in [5.41, 5.74) is 2.69. The maximum absolute atomic E-state index is 11.6. The molecule has 0 nitrogen and oxygen atoms in total. The predicted molar refractivity (Wildman–Crippen MR) is 33.6 cm³/mol. The first-order valence-corrected chi connectivity index (χ1v) is 2.89. The molecule has 0 spiro atoms. The van der Waals surface area contributed by atoms with E-state index >= 15 is 0 Å². The van der Waals surface area contributed by atoms with E-state index in [2.05, 4.69) is 5.73 Å². The van der Waals surface area contributed by atoms with Gasteiger partial charge in [0.1, 0.15) is 0 Å². The Kier molecular flexibility index (Phi) is 3.23. The van der Waals surface area contributed by atoms with Crippen molar-refractivity contribution in [2.45, 2.75) is 26.4 Å².